The summed E-state index contributed by atoms with van der Waals surface area (Å²) in [5, 5.41) is 8.31. The number of carbonyl (C=O) groups excluding carboxylic acids is 2. The molecule has 138 valence electrons. The van der Waals surface area contributed by atoms with Crippen LogP contribution in [0.1, 0.15) is 16.0 Å². The Bertz CT molecular complexity index is 908. The summed E-state index contributed by atoms with van der Waals surface area (Å²) in [4.78, 5) is 25.3. The maximum absolute atomic E-state index is 12.2. The number of halogens is 1. The lowest BCUT2D eigenvalue weighted by atomic mass is 10.1. The van der Waals surface area contributed by atoms with Crippen LogP contribution in [-0.2, 0) is 29.0 Å². The van der Waals surface area contributed by atoms with Crippen molar-refractivity contribution in [1.29, 1.82) is 0 Å². The highest BCUT2D eigenvalue weighted by molar-refractivity contribution is 7.09. The predicted octanol–water partition coefficient (Wildman–Crippen LogP) is 4.44. The smallest absolute Gasteiger partial charge is 0.228 e. The van der Waals surface area contributed by atoms with E-state index in [9.17, 15) is 9.59 Å². The third-order valence-electron chi connectivity index (χ3n) is 3.95. The number of nitrogens with one attached hydrogen (secondary N) is 2. The van der Waals surface area contributed by atoms with Crippen LogP contribution < -0.4 is 10.6 Å². The van der Waals surface area contributed by atoms with Crippen LogP contribution in [0, 0.1) is 0 Å². The monoisotopic (exact) mass is 398 g/mol. The zero-order valence-electron chi connectivity index (χ0n) is 14.6. The van der Waals surface area contributed by atoms with Crippen molar-refractivity contribution in [3.63, 3.8) is 0 Å². The molecule has 0 atom stereocenters. The number of carbonyl (C=O) groups is 2. The van der Waals surface area contributed by atoms with Crippen LogP contribution in [0.5, 0.6) is 0 Å². The highest BCUT2D eigenvalue weighted by atomic mass is 35.5. The molecule has 0 aliphatic heterocycles. The predicted molar refractivity (Wildman–Crippen MR) is 110 cm³/mol. The van der Waals surface area contributed by atoms with Gasteiger partial charge < -0.3 is 10.6 Å². The highest BCUT2D eigenvalue weighted by Crippen LogP contribution is 2.17. The van der Waals surface area contributed by atoms with E-state index in [0.717, 1.165) is 16.0 Å². The standard InChI is InChI=1S/C21H19ClN2O2S/c22-19-6-2-1-4-16(19)13-21(26)24-17-9-7-15(8-10-17)12-20(25)23-14-18-5-3-11-27-18/h1-11H,12-14H2,(H,23,25)(H,24,26). The van der Waals surface area contributed by atoms with Crippen molar-refractivity contribution in [3.8, 4) is 0 Å². The van der Waals surface area contributed by atoms with E-state index < -0.39 is 0 Å². The lowest BCUT2D eigenvalue weighted by Crippen LogP contribution is -2.24. The summed E-state index contributed by atoms with van der Waals surface area (Å²) in [6.45, 7) is 0.548. The minimum absolute atomic E-state index is 0.0288. The summed E-state index contributed by atoms with van der Waals surface area (Å²) in [7, 11) is 0. The molecule has 0 spiro atoms. The molecule has 3 aromatic rings. The number of hydrogen-bond acceptors (Lipinski definition) is 3. The summed E-state index contributed by atoms with van der Waals surface area (Å²) in [6, 6.07) is 18.5. The van der Waals surface area contributed by atoms with E-state index in [1.807, 2.05) is 47.8 Å². The third kappa shape index (κ3) is 5.94. The van der Waals surface area contributed by atoms with Crippen LogP contribution >= 0.6 is 22.9 Å². The van der Waals surface area contributed by atoms with Crippen molar-refractivity contribution in [1.82, 2.24) is 5.32 Å². The van der Waals surface area contributed by atoms with Crippen molar-refractivity contribution in [2.75, 3.05) is 5.32 Å². The molecule has 1 heterocycles. The fourth-order valence-corrected chi connectivity index (χ4v) is 3.42. The Labute approximate surface area is 167 Å². The van der Waals surface area contributed by atoms with Crippen LogP contribution in [0.3, 0.4) is 0 Å². The Morgan fingerprint density at radius 2 is 1.67 bits per heavy atom. The Morgan fingerprint density at radius 1 is 0.889 bits per heavy atom. The topological polar surface area (TPSA) is 58.2 Å². The lowest BCUT2D eigenvalue weighted by Gasteiger charge is -2.08. The normalized spacial score (nSPS) is 10.4. The Kier molecular flexibility index (Phi) is 6.63. The van der Waals surface area contributed by atoms with E-state index in [2.05, 4.69) is 10.6 Å². The molecule has 0 unspecified atom stereocenters. The first-order valence-electron chi connectivity index (χ1n) is 8.51. The second kappa shape index (κ2) is 9.35. The van der Waals surface area contributed by atoms with Gasteiger partial charge >= 0.3 is 0 Å². The molecule has 0 radical (unpaired) electrons. The molecule has 0 saturated carbocycles. The molecule has 6 heteroatoms. The summed E-state index contributed by atoms with van der Waals surface area (Å²) < 4.78 is 0. The first-order chi connectivity index (χ1) is 13.1. The van der Waals surface area contributed by atoms with E-state index in [4.69, 9.17) is 11.6 Å². The van der Waals surface area contributed by atoms with E-state index in [1.165, 1.54) is 0 Å². The van der Waals surface area contributed by atoms with Gasteiger partial charge in [0.25, 0.3) is 0 Å². The van der Waals surface area contributed by atoms with Crippen molar-refractivity contribution in [3.05, 3.63) is 87.1 Å². The van der Waals surface area contributed by atoms with Gasteiger partial charge in [-0.2, -0.15) is 0 Å². The first kappa shape index (κ1) is 19.1. The van der Waals surface area contributed by atoms with Crippen molar-refractivity contribution < 1.29 is 9.59 Å². The van der Waals surface area contributed by atoms with Gasteiger partial charge in [-0.05, 0) is 40.8 Å². The lowest BCUT2D eigenvalue weighted by molar-refractivity contribution is -0.120. The summed E-state index contributed by atoms with van der Waals surface area (Å²) in [5.41, 5.74) is 2.37. The molecule has 0 saturated heterocycles. The highest BCUT2D eigenvalue weighted by Gasteiger charge is 2.08. The van der Waals surface area contributed by atoms with Gasteiger partial charge in [-0.15, -0.1) is 11.3 Å². The van der Waals surface area contributed by atoms with Crippen molar-refractivity contribution in [2.45, 2.75) is 19.4 Å². The molecule has 0 aliphatic carbocycles. The van der Waals surface area contributed by atoms with Gasteiger partial charge in [-0.25, -0.2) is 0 Å². The van der Waals surface area contributed by atoms with Gasteiger partial charge in [0.15, 0.2) is 0 Å². The molecule has 2 aromatic carbocycles. The van der Waals surface area contributed by atoms with E-state index in [0.29, 0.717) is 23.7 Å². The molecule has 2 amide bonds. The molecule has 1 aromatic heterocycles. The van der Waals surface area contributed by atoms with Crippen molar-refractivity contribution in [2.24, 2.45) is 0 Å². The maximum atomic E-state index is 12.2. The van der Waals surface area contributed by atoms with E-state index >= 15 is 0 Å². The number of benzene rings is 2. The molecular weight excluding hydrogens is 380 g/mol. The molecule has 0 fully saturated rings. The number of hydrogen-bond donors (Lipinski definition) is 2. The molecule has 0 bridgehead atoms. The van der Waals surface area contributed by atoms with Gasteiger partial charge in [0.1, 0.15) is 0 Å². The quantitative estimate of drug-likeness (QED) is 0.618. The Morgan fingerprint density at radius 3 is 2.37 bits per heavy atom. The van der Waals surface area contributed by atoms with Gasteiger partial charge in [0.2, 0.25) is 11.8 Å². The van der Waals surface area contributed by atoms with Crippen LogP contribution in [0.2, 0.25) is 5.02 Å². The fraction of sp³-hybridized carbons (Fsp3) is 0.143. The van der Waals surface area contributed by atoms with Crippen LogP contribution in [0.25, 0.3) is 0 Å². The summed E-state index contributed by atoms with van der Waals surface area (Å²) in [5.74, 6) is -0.163. The van der Waals surface area contributed by atoms with Crippen molar-refractivity contribution >= 4 is 40.4 Å². The Balaban J connectivity index is 1.48. The van der Waals surface area contributed by atoms with Crippen LogP contribution in [-0.4, -0.2) is 11.8 Å². The minimum atomic E-state index is -0.135. The summed E-state index contributed by atoms with van der Waals surface area (Å²) >= 11 is 7.70. The fourth-order valence-electron chi connectivity index (χ4n) is 2.57. The van der Waals surface area contributed by atoms with Gasteiger partial charge in [-0.1, -0.05) is 48.0 Å². The number of amides is 2. The third-order valence-corrected chi connectivity index (χ3v) is 5.20. The average molecular weight is 399 g/mol. The SMILES string of the molecule is O=C(Cc1ccc(NC(=O)Cc2ccccc2Cl)cc1)NCc1cccs1. The summed E-state index contributed by atoms with van der Waals surface area (Å²) in [6.07, 6.45) is 0.520. The van der Waals surface area contributed by atoms with Gasteiger partial charge in [0, 0.05) is 15.6 Å². The minimum Gasteiger partial charge on any atom is -0.351 e. The van der Waals surface area contributed by atoms with Crippen LogP contribution in [0.15, 0.2) is 66.0 Å². The number of rotatable bonds is 7. The molecule has 2 N–H and O–H groups in total. The zero-order chi connectivity index (χ0) is 19.1. The maximum Gasteiger partial charge on any atom is 0.228 e. The molecule has 3 rings (SSSR count). The number of thiophene rings is 1. The largest absolute Gasteiger partial charge is 0.351 e. The van der Waals surface area contributed by atoms with E-state index in [1.54, 1.807) is 29.5 Å². The average Bonchev–Trinajstić information content (AvgIpc) is 3.17. The molecular formula is C21H19ClN2O2S. The molecule has 4 nitrogen and oxygen atoms in total. The second-order valence-electron chi connectivity index (χ2n) is 6.05. The van der Waals surface area contributed by atoms with E-state index in [-0.39, 0.29) is 18.2 Å². The molecule has 0 aliphatic rings. The van der Waals surface area contributed by atoms with Gasteiger partial charge in [0.05, 0.1) is 19.4 Å². The Hall–Kier alpha value is -2.63. The zero-order valence-corrected chi connectivity index (χ0v) is 16.1. The molecule has 27 heavy (non-hydrogen) atoms. The number of anilines is 1. The first-order valence-corrected chi connectivity index (χ1v) is 9.77. The van der Waals surface area contributed by atoms with Gasteiger partial charge in [-0.3, -0.25) is 9.59 Å². The van der Waals surface area contributed by atoms with Crippen LogP contribution in [0.4, 0.5) is 5.69 Å². The second-order valence-corrected chi connectivity index (χ2v) is 7.49.